The highest BCUT2D eigenvalue weighted by molar-refractivity contribution is 9.10. The SMILES string of the molecule is CC(N)C(c1ccccc1Br)N(C)C1CCCCC1C. The number of rotatable bonds is 4. The van der Waals surface area contributed by atoms with Crippen LogP contribution in [0.4, 0.5) is 0 Å². The van der Waals surface area contributed by atoms with Crippen LogP contribution in [-0.2, 0) is 0 Å². The van der Waals surface area contributed by atoms with Crippen LogP contribution >= 0.6 is 15.9 Å². The Balaban J connectivity index is 2.26. The van der Waals surface area contributed by atoms with Gasteiger partial charge in [0.2, 0.25) is 0 Å². The molecule has 0 bridgehead atoms. The number of nitrogens with two attached hydrogens (primary N) is 1. The van der Waals surface area contributed by atoms with E-state index in [4.69, 9.17) is 5.73 Å². The molecule has 0 amide bonds. The zero-order chi connectivity index (χ0) is 14.7. The number of hydrogen-bond donors (Lipinski definition) is 1. The molecular weight excluding hydrogens is 312 g/mol. The fourth-order valence-corrected chi connectivity index (χ4v) is 4.22. The molecule has 0 heterocycles. The van der Waals surface area contributed by atoms with Gasteiger partial charge in [0.1, 0.15) is 0 Å². The van der Waals surface area contributed by atoms with Gasteiger partial charge in [0.15, 0.2) is 0 Å². The van der Waals surface area contributed by atoms with E-state index in [9.17, 15) is 0 Å². The minimum Gasteiger partial charge on any atom is -0.326 e. The maximum absolute atomic E-state index is 6.33. The summed E-state index contributed by atoms with van der Waals surface area (Å²) in [5, 5.41) is 0. The summed E-state index contributed by atoms with van der Waals surface area (Å²) in [6.45, 7) is 4.51. The van der Waals surface area contributed by atoms with Gasteiger partial charge in [0.25, 0.3) is 0 Å². The predicted octanol–water partition coefficient (Wildman–Crippen LogP) is 4.35. The summed E-state index contributed by atoms with van der Waals surface area (Å²) < 4.78 is 1.16. The van der Waals surface area contributed by atoms with Crippen LogP contribution in [0.3, 0.4) is 0 Å². The molecular formula is C17H27BrN2. The van der Waals surface area contributed by atoms with E-state index in [1.165, 1.54) is 31.2 Å². The Morgan fingerprint density at radius 3 is 2.50 bits per heavy atom. The summed E-state index contributed by atoms with van der Waals surface area (Å²) >= 11 is 3.69. The van der Waals surface area contributed by atoms with Crippen molar-refractivity contribution in [2.45, 2.75) is 57.7 Å². The summed E-state index contributed by atoms with van der Waals surface area (Å²) in [6.07, 6.45) is 5.37. The van der Waals surface area contributed by atoms with E-state index in [1.54, 1.807) is 0 Å². The van der Waals surface area contributed by atoms with Gasteiger partial charge in [-0.1, -0.05) is 53.9 Å². The fourth-order valence-electron chi connectivity index (χ4n) is 3.70. The molecule has 0 aliphatic heterocycles. The van der Waals surface area contributed by atoms with Gasteiger partial charge in [-0.2, -0.15) is 0 Å². The van der Waals surface area contributed by atoms with Gasteiger partial charge >= 0.3 is 0 Å². The summed E-state index contributed by atoms with van der Waals surface area (Å²) in [4.78, 5) is 2.52. The lowest BCUT2D eigenvalue weighted by Crippen LogP contribution is -2.46. The Bertz CT molecular complexity index is 433. The van der Waals surface area contributed by atoms with Crippen molar-refractivity contribution in [3.63, 3.8) is 0 Å². The third-order valence-electron chi connectivity index (χ3n) is 4.75. The van der Waals surface area contributed by atoms with E-state index < -0.39 is 0 Å². The fraction of sp³-hybridized carbons (Fsp3) is 0.647. The van der Waals surface area contributed by atoms with Crippen molar-refractivity contribution in [3.05, 3.63) is 34.3 Å². The average molecular weight is 339 g/mol. The second kappa shape index (κ2) is 7.06. The van der Waals surface area contributed by atoms with Crippen molar-refractivity contribution < 1.29 is 0 Å². The molecule has 1 aromatic carbocycles. The third-order valence-corrected chi connectivity index (χ3v) is 5.47. The molecule has 4 atom stereocenters. The first-order valence-electron chi connectivity index (χ1n) is 7.74. The molecule has 2 N–H and O–H groups in total. The normalized spacial score (nSPS) is 26.5. The Labute approximate surface area is 131 Å². The van der Waals surface area contributed by atoms with Crippen LogP contribution in [-0.4, -0.2) is 24.0 Å². The second-order valence-corrected chi connectivity index (χ2v) is 7.17. The lowest BCUT2D eigenvalue weighted by molar-refractivity contribution is 0.0856. The maximum Gasteiger partial charge on any atom is 0.0507 e. The number of halogens is 1. The molecule has 3 heteroatoms. The monoisotopic (exact) mass is 338 g/mol. The minimum atomic E-state index is 0.118. The molecule has 1 aliphatic rings. The Hall–Kier alpha value is -0.380. The van der Waals surface area contributed by atoms with Gasteiger partial charge in [-0.25, -0.2) is 0 Å². The van der Waals surface area contributed by atoms with Crippen LogP contribution in [0.1, 0.15) is 51.1 Å². The summed E-state index contributed by atoms with van der Waals surface area (Å²) in [5.41, 5.74) is 7.64. The minimum absolute atomic E-state index is 0.118. The van der Waals surface area contributed by atoms with Crippen molar-refractivity contribution in [1.82, 2.24) is 4.90 Å². The van der Waals surface area contributed by atoms with E-state index in [2.05, 4.69) is 66.0 Å². The Kier molecular flexibility index (Phi) is 5.65. The van der Waals surface area contributed by atoms with Crippen molar-refractivity contribution in [3.8, 4) is 0 Å². The molecule has 2 nitrogen and oxygen atoms in total. The van der Waals surface area contributed by atoms with E-state index in [0.29, 0.717) is 6.04 Å². The van der Waals surface area contributed by atoms with Crippen molar-refractivity contribution >= 4 is 15.9 Å². The summed E-state index contributed by atoms with van der Waals surface area (Å²) in [6, 6.07) is 9.52. The van der Waals surface area contributed by atoms with Crippen LogP contribution < -0.4 is 5.73 Å². The first-order chi connectivity index (χ1) is 9.52. The van der Waals surface area contributed by atoms with Crippen molar-refractivity contribution in [2.24, 2.45) is 11.7 Å². The van der Waals surface area contributed by atoms with Gasteiger partial charge in [-0.3, -0.25) is 4.90 Å². The van der Waals surface area contributed by atoms with Crippen LogP contribution in [0, 0.1) is 5.92 Å². The Morgan fingerprint density at radius 1 is 1.25 bits per heavy atom. The highest BCUT2D eigenvalue weighted by atomic mass is 79.9. The van der Waals surface area contributed by atoms with E-state index in [0.717, 1.165) is 10.4 Å². The molecule has 1 aromatic rings. The second-order valence-electron chi connectivity index (χ2n) is 6.32. The average Bonchev–Trinajstić information content (AvgIpc) is 2.41. The van der Waals surface area contributed by atoms with Gasteiger partial charge in [0.05, 0.1) is 6.04 Å². The number of hydrogen-bond acceptors (Lipinski definition) is 2. The molecule has 112 valence electrons. The van der Waals surface area contributed by atoms with Crippen LogP contribution in [0.25, 0.3) is 0 Å². The van der Waals surface area contributed by atoms with Crippen molar-refractivity contribution in [2.75, 3.05) is 7.05 Å². The molecule has 2 rings (SSSR count). The zero-order valence-corrected chi connectivity index (χ0v) is 14.4. The molecule has 0 saturated heterocycles. The highest BCUT2D eigenvalue weighted by Gasteiger charge is 2.32. The molecule has 1 saturated carbocycles. The van der Waals surface area contributed by atoms with Gasteiger partial charge < -0.3 is 5.73 Å². The molecule has 4 unspecified atom stereocenters. The number of likely N-dealkylation sites (N-methyl/N-ethyl adjacent to an activating group) is 1. The maximum atomic E-state index is 6.33. The van der Waals surface area contributed by atoms with Gasteiger partial charge in [-0.05, 0) is 44.4 Å². The van der Waals surface area contributed by atoms with E-state index >= 15 is 0 Å². The van der Waals surface area contributed by atoms with Crippen LogP contribution in [0.15, 0.2) is 28.7 Å². The topological polar surface area (TPSA) is 29.3 Å². The third kappa shape index (κ3) is 3.44. The molecule has 1 aliphatic carbocycles. The Morgan fingerprint density at radius 2 is 1.90 bits per heavy atom. The first kappa shape index (κ1) is 16.0. The summed E-state index contributed by atoms with van der Waals surface area (Å²) in [5.74, 6) is 0.762. The number of nitrogens with zero attached hydrogens (tertiary/aromatic N) is 1. The molecule has 20 heavy (non-hydrogen) atoms. The van der Waals surface area contributed by atoms with Crippen LogP contribution in [0.2, 0.25) is 0 Å². The van der Waals surface area contributed by atoms with E-state index in [1.807, 2.05) is 0 Å². The van der Waals surface area contributed by atoms with Crippen molar-refractivity contribution in [1.29, 1.82) is 0 Å². The predicted molar refractivity (Wildman–Crippen MR) is 89.7 cm³/mol. The largest absolute Gasteiger partial charge is 0.326 e. The quantitative estimate of drug-likeness (QED) is 0.884. The molecule has 0 spiro atoms. The molecule has 1 fully saturated rings. The standard InChI is InChI=1S/C17H27BrN2/c1-12-8-4-7-11-16(12)20(3)17(13(2)19)14-9-5-6-10-15(14)18/h5-6,9-10,12-13,16-17H,4,7-8,11,19H2,1-3H3. The van der Waals surface area contributed by atoms with E-state index in [-0.39, 0.29) is 12.1 Å². The van der Waals surface area contributed by atoms with Gasteiger partial charge in [-0.15, -0.1) is 0 Å². The van der Waals surface area contributed by atoms with Gasteiger partial charge in [0, 0.05) is 16.6 Å². The summed E-state index contributed by atoms with van der Waals surface area (Å²) in [7, 11) is 2.25. The zero-order valence-electron chi connectivity index (χ0n) is 12.8. The lowest BCUT2D eigenvalue weighted by atomic mass is 9.83. The molecule has 0 radical (unpaired) electrons. The van der Waals surface area contributed by atoms with Crippen LogP contribution in [0.5, 0.6) is 0 Å². The smallest absolute Gasteiger partial charge is 0.0507 e. The number of benzene rings is 1. The highest BCUT2D eigenvalue weighted by Crippen LogP contribution is 2.35. The lowest BCUT2D eigenvalue weighted by Gasteiger charge is -2.42. The first-order valence-corrected chi connectivity index (χ1v) is 8.53. The molecule has 0 aromatic heterocycles.